The fraction of sp³-hybridized carbons (Fsp3) is 0.667. The predicted molar refractivity (Wildman–Crippen MR) is 53.4 cm³/mol. The molecule has 1 aliphatic rings. The minimum atomic E-state index is -0.880. The Morgan fingerprint density at radius 1 is 1.69 bits per heavy atom. The van der Waals surface area contributed by atoms with Crippen molar-refractivity contribution in [3.8, 4) is 0 Å². The molecule has 0 aliphatic carbocycles. The molecule has 1 aromatic heterocycles. The normalized spacial score (nSPS) is 24.6. The van der Waals surface area contributed by atoms with Crippen molar-refractivity contribution in [2.24, 2.45) is 5.73 Å². The Morgan fingerprint density at radius 2 is 2.56 bits per heavy atom. The fourth-order valence-corrected chi connectivity index (χ4v) is 1.52. The third kappa shape index (κ3) is 2.37. The van der Waals surface area contributed by atoms with E-state index in [-0.39, 0.29) is 12.5 Å². The van der Waals surface area contributed by atoms with Crippen LogP contribution >= 0.6 is 0 Å². The second-order valence-electron chi connectivity index (χ2n) is 3.80. The van der Waals surface area contributed by atoms with Gasteiger partial charge >= 0.3 is 0 Å². The van der Waals surface area contributed by atoms with E-state index in [0.29, 0.717) is 31.9 Å². The van der Waals surface area contributed by atoms with E-state index in [4.69, 9.17) is 15.0 Å². The number of carbonyl (C=O) groups excluding carboxylic acids is 1. The van der Waals surface area contributed by atoms with E-state index >= 15 is 0 Å². The van der Waals surface area contributed by atoms with Gasteiger partial charge in [-0.05, 0) is 6.42 Å². The summed E-state index contributed by atoms with van der Waals surface area (Å²) in [5.41, 5.74) is 4.99. The van der Waals surface area contributed by atoms with Crippen molar-refractivity contribution in [2.75, 3.05) is 19.8 Å². The van der Waals surface area contributed by atoms with Gasteiger partial charge in [-0.1, -0.05) is 5.16 Å². The fourth-order valence-electron chi connectivity index (χ4n) is 1.52. The zero-order valence-electron chi connectivity index (χ0n) is 8.81. The highest BCUT2D eigenvalue weighted by Crippen LogP contribution is 2.15. The van der Waals surface area contributed by atoms with Gasteiger partial charge in [-0.2, -0.15) is 4.98 Å². The third-order valence-corrected chi connectivity index (χ3v) is 2.54. The summed E-state index contributed by atoms with van der Waals surface area (Å²) in [7, 11) is 0. The molecular formula is C9H14N4O3. The SMILES string of the molecule is NC1(C(=O)NCCc2ncno2)CCOC1. The Balaban J connectivity index is 1.75. The van der Waals surface area contributed by atoms with Crippen LogP contribution in [0.1, 0.15) is 12.3 Å². The molecule has 1 aliphatic heterocycles. The number of rotatable bonds is 4. The van der Waals surface area contributed by atoms with Crippen LogP contribution in [0.3, 0.4) is 0 Å². The largest absolute Gasteiger partial charge is 0.379 e. The van der Waals surface area contributed by atoms with Crippen LogP contribution in [0.5, 0.6) is 0 Å². The molecule has 0 spiro atoms. The summed E-state index contributed by atoms with van der Waals surface area (Å²) in [4.78, 5) is 15.6. The van der Waals surface area contributed by atoms with E-state index in [1.807, 2.05) is 0 Å². The van der Waals surface area contributed by atoms with Crippen LogP contribution in [0, 0.1) is 0 Å². The monoisotopic (exact) mass is 226 g/mol. The van der Waals surface area contributed by atoms with Crippen molar-refractivity contribution in [3.05, 3.63) is 12.2 Å². The van der Waals surface area contributed by atoms with Crippen molar-refractivity contribution < 1.29 is 14.1 Å². The first-order valence-electron chi connectivity index (χ1n) is 5.11. The maximum Gasteiger partial charge on any atom is 0.242 e. The molecular weight excluding hydrogens is 212 g/mol. The summed E-state index contributed by atoms with van der Waals surface area (Å²) in [6.45, 7) is 1.24. The molecule has 7 heteroatoms. The van der Waals surface area contributed by atoms with Crippen molar-refractivity contribution in [1.29, 1.82) is 0 Å². The van der Waals surface area contributed by atoms with E-state index in [1.54, 1.807) is 0 Å². The van der Waals surface area contributed by atoms with E-state index in [9.17, 15) is 4.79 Å². The first-order chi connectivity index (χ1) is 7.71. The van der Waals surface area contributed by atoms with Crippen molar-refractivity contribution in [1.82, 2.24) is 15.5 Å². The van der Waals surface area contributed by atoms with Gasteiger partial charge in [0.05, 0.1) is 6.61 Å². The minimum absolute atomic E-state index is 0.190. The molecule has 16 heavy (non-hydrogen) atoms. The van der Waals surface area contributed by atoms with Crippen LogP contribution in [0.25, 0.3) is 0 Å². The summed E-state index contributed by atoms with van der Waals surface area (Å²) in [6.07, 6.45) is 2.38. The summed E-state index contributed by atoms with van der Waals surface area (Å²) in [5.74, 6) is 0.304. The molecule has 0 aromatic carbocycles. The van der Waals surface area contributed by atoms with Gasteiger partial charge < -0.3 is 20.3 Å². The molecule has 2 heterocycles. The van der Waals surface area contributed by atoms with Crippen LogP contribution in [0.2, 0.25) is 0 Å². The van der Waals surface area contributed by atoms with Crippen LogP contribution < -0.4 is 11.1 Å². The Hall–Kier alpha value is -1.47. The maximum absolute atomic E-state index is 11.7. The summed E-state index contributed by atoms with van der Waals surface area (Å²) in [5, 5.41) is 6.20. The molecule has 88 valence electrons. The third-order valence-electron chi connectivity index (χ3n) is 2.54. The zero-order chi connectivity index (χ0) is 11.4. The lowest BCUT2D eigenvalue weighted by atomic mass is 9.99. The molecule has 1 amide bonds. The average molecular weight is 226 g/mol. The number of hydrogen-bond donors (Lipinski definition) is 2. The second-order valence-corrected chi connectivity index (χ2v) is 3.80. The van der Waals surface area contributed by atoms with Gasteiger partial charge in [-0.3, -0.25) is 4.79 Å². The van der Waals surface area contributed by atoms with Crippen LogP contribution in [-0.2, 0) is 16.0 Å². The Morgan fingerprint density at radius 3 is 3.19 bits per heavy atom. The number of ether oxygens (including phenoxy) is 1. The van der Waals surface area contributed by atoms with Gasteiger partial charge in [0.25, 0.3) is 0 Å². The van der Waals surface area contributed by atoms with Crippen LogP contribution in [0.15, 0.2) is 10.9 Å². The summed E-state index contributed by atoms with van der Waals surface area (Å²) < 4.78 is 9.90. The van der Waals surface area contributed by atoms with Crippen molar-refractivity contribution in [2.45, 2.75) is 18.4 Å². The Labute approximate surface area is 92.3 Å². The molecule has 0 bridgehead atoms. The smallest absolute Gasteiger partial charge is 0.242 e. The number of amides is 1. The Kier molecular flexibility index (Phi) is 3.16. The lowest BCUT2D eigenvalue weighted by Gasteiger charge is -2.20. The molecule has 1 unspecified atom stereocenters. The van der Waals surface area contributed by atoms with Crippen LogP contribution in [-0.4, -0.2) is 41.3 Å². The Bertz CT molecular complexity index is 346. The summed E-state index contributed by atoms with van der Waals surface area (Å²) in [6, 6.07) is 0. The molecule has 7 nitrogen and oxygen atoms in total. The molecule has 1 aromatic rings. The van der Waals surface area contributed by atoms with E-state index in [1.165, 1.54) is 6.33 Å². The first kappa shape index (κ1) is 11.0. The number of carbonyl (C=O) groups is 1. The lowest BCUT2D eigenvalue weighted by molar-refractivity contribution is -0.126. The zero-order valence-corrected chi connectivity index (χ0v) is 8.81. The average Bonchev–Trinajstić information content (AvgIpc) is 2.90. The van der Waals surface area contributed by atoms with E-state index < -0.39 is 5.54 Å². The number of nitrogens with zero attached hydrogens (tertiary/aromatic N) is 2. The van der Waals surface area contributed by atoms with Gasteiger partial charge in [-0.25, -0.2) is 0 Å². The molecule has 3 N–H and O–H groups in total. The van der Waals surface area contributed by atoms with Gasteiger partial charge in [0.2, 0.25) is 11.8 Å². The minimum Gasteiger partial charge on any atom is -0.379 e. The number of aromatic nitrogens is 2. The van der Waals surface area contributed by atoms with Crippen molar-refractivity contribution >= 4 is 5.91 Å². The molecule has 2 rings (SSSR count). The number of nitrogens with two attached hydrogens (primary N) is 1. The van der Waals surface area contributed by atoms with Crippen molar-refractivity contribution in [3.63, 3.8) is 0 Å². The summed E-state index contributed by atoms with van der Waals surface area (Å²) >= 11 is 0. The standard InChI is InChI=1S/C9H14N4O3/c10-9(2-4-15-5-9)8(14)11-3-1-7-12-6-13-16-7/h6H,1-5,10H2,(H,11,14). The molecule has 1 atom stereocenters. The van der Waals surface area contributed by atoms with Crippen LogP contribution in [0.4, 0.5) is 0 Å². The van der Waals surface area contributed by atoms with Gasteiger partial charge in [0.15, 0.2) is 6.33 Å². The van der Waals surface area contributed by atoms with Gasteiger partial charge in [0, 0.05) is 19.6 Å². The molecule has 0 radical (unpaired) electrons. The topological polar surface area (TPSA) is 103 Å². The number of hydrogen-bond acceptors (Lipinski definition) is 6. The highest BCUT2D eigenvalue weighted by Gasteiger charge is 2.37. The predicted octanol–water partition coefficient (Wildman–Crippen LogP) is -1.15. The molecule has 0 saturated carbocycles. The van der Waals surface area contributed by atoms with Gasteiger partial charge in [-0.15, -0.1) is 0 Å². The first-order valence-corrected chi connectivity index (χ1v) is 5.11. The maximum atomic E-state index is 11.7. The highest BCUT2D eigenvalue weighted by atomic mass is 16.5. The quantitative estimate of drug-likeness (QED) is 0.671. The second kappa shape index (κ2) is 4.58. The van der Waals surface area contributed by atoms with Gasteiger partial charge in [0.1, 0.15) is 5.54 Å². The van der Waals surface area contributed by atoms with E-state index in [2.05, 4.69) is 15.5 Å². The van der Waals surface area contributed by atoms with E-state index in [0.717, 1.165) is 0 Å². The number of nitrogens with one attached hydrogen (secondary N) is 1. The molecule has 1 saturated heterocycles. The molecule has 1 fully saturated rings. The highest BCUT2D eigenvalue weighted by molar-refractivity contribution is 5.86. The lowest BCUT2D eigenvalue weighted by Crippen LogP contribution is -2.54.